The first kappa shape index (κ1) is 17.4. The number of nitrogens with one attached hydrogen (secondary N) is 2. The van der Waals surface area contributed by atoms with Crippen molar-refractivity contribution in [1.29, 1.82) is 0 Å². The maximum atomic E-state index is 12.3. The van der Waals surface area contributed by atoms with Gasteiger partial charge in [-0.15, -0.1) is 0 Å². The maximum absolute atomic E-state index is 12.3. The minimum atomic E-state index is -0.648. The van der Waals surface area contributed by atoms with E-state index >= 15 is 0 Å². The monoisotopic (exact) mass is 358 g/mol. The molecular weight excluding hydrogens is 336 g/mol. The first-order valence-corrected chi connectivity index (χ1v) is 9.36. The van der Waals surface area contributed by atoms with Crippen molar-refractivity contribution in [3.05, 3.63) is 36.0 Å². The topological polar surface area (TPSA) is 97.1 Å². The van der Waals surface area contributed by atoms with E-state index in [-0.39, 0.29) is 11.6 Å². The van der Waals surface area contributed by atoms with E-state index in [9.17, 15) is 9.59 Å². The van der Waals surface area contributed by atoms with E-state index in [1.807, 2.05) is 30.3 Å². The van der Waals surface area contributed by atoms with Crippen LogP contribution in [0.25, 0.3) is 0 Å². The van der Waals surface area contributed by atoms with Crippen LogP contribution in [0, 0.1) is 5.92 Å². The number of rotatable bonds is 6. The Bertz CT molecular complexity index is 739. The van der Waals surface area contributed by atoms with Crippen LogP contribution in [0.15, 0.2) is 30.3 Å². The Morgan fingerprint density at radius 2 is 1.88 bits per heavy atom. The molecule has 1 heterocycles. The molecule has 3 rings (SSSR count). The number of thiazole rings is 1. The summed E-state index contributed by atoms with van der Waals surface area (Å²) in [6.07, 6.45) is 6.32. The zero-order valence-corrected chi connectivity index (χ0v) is 14.8. The quantitative estimate of drug-likeness (QED) is 0.729. The molecule has 1 fully saturated rings. The summed E-state index contributed by atoms with van der Waals surface area (Å²) in [5.74, 6) is -0.296. The van der Waals surface area contributed by atoms with Crippen molar-refractivity contribution >= 4 is 39.0 Å². The van der Waals surface area contributed by atoms with E-state index in [0.29, 0.717) is 22.5 Å². The molecule has 2 amide bonds. The molecule has 0 saturated heterocycles. The molecule has 6 nitrogen and oxygen atoms in total. The average Bonchev–Trinajstić information content (AvgIpc) is 2.99. The van der Waals surface area contributed by atoms with Crippen LogP contribution in [-0.4, -0.2) is 16.8 Å². The summed E-state index contributed by atoms with van der Waals surface area (Å²) in [6.45, 7) is 0. The third-order valence-electron chi connectivity index (χ3n) is 4.34. The number of anilines is 3. The molecule has 7 heteroatoms. The van der Waals surface area contributed by atoms with Crippen LogP contribution in [0.4, 0.5) is 15.8 Å². The van der Waals surface area contributed by atoms with Crippen LogP contribution in [0.1, 0.15) is 49.0 Å². The van der Waals surface area contributed by atoms with Crippen molar-refractivity contribution in [2.24, 2.45) is 11.7 Å². The van der Waals surface area contributed by atoms with Gasteiger partial charge in [0, 0.05) is 12.1 Å². The van der Waals surface area contributed by atoms with Gasteiger partial charge in [0.15, 0.2) is 10.8 Å². The van der Waals surface area contributed by atoms with Crippen molar-refractivity contribution in [2.45, 2.75) is 38.5 Å². The second kappa shape index (κ2) is 8.11. The number of nitrogens with two attached hydrogens (primary N) is 1. The number of primary amides is 1. The number of amides is 2. The van der Waals surface area contributed by atoms with Gasteiger partial charge in [0.1, 0.15) is 5.00 Å². The third-order valence-corrected chi connectivity index (χ3v) is 5.22. The van der Waals surface area contributed by atoms with E-state index in [1.54, 1.807) is 0 Å². The molecule has 1 saturated carbocycles. The Kier molecular flexibility index (Phi) is 5.65. The van der Waals surface area contributed by atoms with Crippen LogP contribution < -0.4 is 16.4 Å². The van der Waals surface area contributed by atoms with Gasteiger partial charge in [0.25, 0.3) is 5.91 Å². The van der Waals surface area contributed by atoms with Crippen LogP contribution in [0.2, 0.25) is 0 Å². The molecule has 132 valence electrons. The van der Waals surface area contributed by atoms with Gasteiger partial charge in [0.05, 0.1) is 0 Å². The molecule has 0 spiro atoms. The number of nitrogens with zero attached hydrogens (tertiary/aromatic N) is 1. The Balaban J connectivity index is 1.68. The van der Waals surface area contributed by atoms with Gasteiger partial charge in [-0.1, -0.05) is 48.8 Å². The van der Waals surface area contributed by atoms with Gasteiger partial charge < -0.3 is 16.4 Å². The lowest BCUT2D eigenvalue weighted by molar-refractivity contribution is -0.117. The number of hydrogen-bond donors (Lipinski definition) is 3. The smallest absolute Gasteiger partial charge is 0.270 e. The lowest BCUT2D eigenvalue weighted by atomic mass is 9.87. The summed E-state index contributed by atoms with van der Waals surface area (Å²) < 4.78 is 0. The molecular formula is C18H22N4O2S. The van der Waals surface area contributed by atoms with Gasteiger partial charge in [-0.05, 0) is 30.9 Å². The van der Waals surface area contributed by atoms with Crippen molar-refractivity contribution in [2.75, 3.05) is 10.6 Å². The van der Waals surface area contributed by atoms with E-state index in [0.717, 1.165) is 18.5 Å². The molecule has 4 N–H and O–H groups in total. The highest BCUT2D eigenvalue weighted by atomic mass is 32.1. The fourth-order valence-corrected chi connectivity index (χ4v) is 4.01. The SMILES string of the molecule is NC(=O)c1nc(Nc2ccccc2)sc1NC(=O)CC1CCCCC1. The molecule has 0 unspecified atom stereocenters. The van der Waals surface area contributed by atoms with Gasteiger partial charge in [0.2, 0.25) is 5.91 Å². The average molecular weight is 358 g/mol. The zero-order chi connectivity index (χ0) is 17.6. The predicted molar refractivity (Wildman–Crippen MR) is 100 cm³/mol. The van der Waals surface area contributed by atoms with Crippen LogP contribution >= 0.6 is 11.3 Å². The molecule has 0 atom stereocenters. The lowest BCUT2D eigenvalue weighted by Crippen LogP contribution is -2.20. The second-order valence-electron chi connectivity index (χ2n) is 6.31. The van der Waals surface area contributed by atoms with Crippen molar-refractivity contribution in [3.8, 4) is 0 Å². The molecule has 1 aromatic carbocycles. The number of aromatic nitrogens is 1. The molecule has 25 heavy (non-hydrogen) atoms. The van der Waals surface area contributed by atoms with E-state index in [4.69, 9.17) is 5.73 Å². The third kappa shape index (κ3) is 4.79. The standard InChI is InChI=1S/C18H22N4O2S/c19-16(24)15-17(21-14(23)11-12-7-3-1-4-8-12)25-18(22-15)20-13-9-5-2-6-10-13/h2,5-6,9-10,12H,1,3-4,7-8,11H2,(H2,19,24)(H,20,22)(H,21,23). The normalized spacial score (nSPS) is 14.9. The summed E-state index contributed by atoms with van der Waals surface area (Å²) in [5, 5.41) is 6.87. The predicted octanol–water partition coefficient (Wildman–Crippen LogP) is 3.89. The van der Waals surface area contributed by atoms with Crippen LogP contribution in [-0.2, 0) is 4.79 Å². The van der Waals surface area contributed by atoms with Gasteiger partial charge in [-0.2, -0.15) is 0 Å². The summed E-state index contributed by atoms with van der Waals surface area (Å²) in [7, 11) is 0. The van der Waals surface area contributed by atoms with E-state index in [1.165, 1.54) is 30.6 Å². The van der Waals surface area contributed by atoms with Crippen molar-refractivity contribution < 1.29 is 9.59 Å². The molecule has 0 bridgehead atoms. The Hall–Kier alpha value is -2.41. The van der Waals surface area contributed by atoms with Crippen LogP contribution in [0.3, 0.4) is 0 Å². The maximum Gasteiger partial charge on any atom is 0.270 e. The van der Waals surface area contributed by atoms with E-state index in [2.05, 4.69) is 15.6 Å². The summed E-state index contributed by atoms with van der Waals surface area (Å²) in [5.41, 5.74) is 6.36. The van der Waals surface area contributed by atoms with Gasteiger partial charge >= 0.3 is 0 Å². The van der Waals surface area contributed by atoms with Gasteiger partial charge in [-0.3, -0.25) is 9.59 Å². The highest BCUT2D eigenvalue weighted by Gasteiger charge is 2.21. The Morgan fingerprint density at radius 1 is 1.16 bits per heavy atom. The Labute approximate surface area is 150 Å². The number of para-hydroxylation sites is 1. The number of carbonyl (C=O) groups is 2. The molecule has 1 aromatic heterocycles. The second-order valence-corrected chi connectivity index (χ2v) is 7.31. The van der Waals surface area contributed by atoms with Crippen molar-refractivity contribution in [1.82, 2.24) is 4.98 Å². The summed E-state index contributed by atoms with van der Waals surface area (Å²) in [6, 6.07) is 9.51. The molecule has 0 aliphatic heterocycles. The fraction of sp³-hybridized carbons (Fsp3) is 0.389. The molecule has 2 aromatic rings. The fourth-order valence-electron chi connectivity index (χ4n) is 3.10. The number of hydrogen-bond acceptors (Lipinski definition) is 5. The first-order valence-electron chi connectivity index (χ1n) is 8.54. The number of carbonyl (C=O) groups excluding carboxylic acids is 2. The summed E-state index contributed by atoms with van der Waals surface area (Å²) in [4.78, 5) is 28.2. The van der Waals surface area contributed by atoms with Crippen LogP contribution in [0.5, 0.6) is 0 Å². The highest BCUT2D eigenvalue weighted by Crippen LogP contribution is 2.32. The number of benzene rings is 1. The van der Waals surface area contributed by atoms with Crippen molar-refractivity contribution in [3.63, 3.8) is 0 Å². The minimum absolute atomic E-state index is 0.0793. The molecule has 1 aliphatic carbocycles. The summed E-state index contributed by atoms with van der Waals surface area (Å²) >= 11 is 1.22. The highest BCUT2D eigenvalue weighted by molar-refractivity contribution is 7.20. The first-order chi connectivity index (χ1) is 12.1. The van der Waals surface area contributed by atoms with Gasteiger partial charge in [-0.25, -0.2) is 4.98 Å². The zero-order valence-electron chi connectivity index (χ0n) is 14.0. The molecule has 0 radical (unpaired) electrons. The largest absolute Gasteiger partial charge is 0.364 e. The Morgan fingerprint density at radius 3 is 2.56 bits per heavy atom. The lowest BCUT2D eigenvalue weighted by Gasteiger charge is -2.20. The molecule has 1 aliphatic rings. The van der Waals surface area contributed by atoms with E-state index < -0.39 is 5.91 Å². The minimum Gasteiger partial charge on any atom is -0.364 e.